The van der Waals surface area contributed by atoms with E-state index >= 15 is 0 Å². The van der Waals surface area contributed by atoms with Crippen molar-refractivity contribution in [2.24, 2.45) is 0 Å². The van der Waals surface area contributed by atoms with Gasteiger partial charge in [0.25, 0.3) is 0 Å². The zero-order valence-corrected chi connectivity index (χ0v) is 13.8. The standard InChI is InChI=1S/C9H18O9S.Na/c10-6-5(18-9(13)8(12)7(6)11)4-17-2-1-3-19(14,15)16;/h5-13H,1-4H2,(H,14,15,16);/q;+1/p-1/t5-,6-,7+,8-,9-;/m1./s1. The molecule has 0 aliphatic carbocycles. The zero-order valence-electron chi connectivity index (χ0n) is 11.0. The van der Waals surface area contributed by atoms with Crippen LogP contribution in [0.4, 0.5) is 0 Å². The largest absolute Gasteiger partial charge is 1.00 e. The summed E-state index contributed by atoms with van der Waals surface area (Å²) in [5, 5.41) is 37.4. The zero-order chi connectivity index (χ0) is 14.6. The Morgan fingerprint density at radius 2 is 1.70 bits per heavy atom. The van der Waals surface area contributed by atoms with Crippen LogP contribution < -0.4 is 29.6 Å². The summed E-state index contributed by atoms with van der Waals surface area (Å²) in [6.45, 7) is -0.274. The van der Waals surface area contributed by atoms with Gasteiger partial charge in [0, 0.05) is 12.4 Å². The first kappa shape index (κ1) is 20.7. The summed E-state index contributed by atoms with van der Waals surface area (Å²) >= 11 is 0. The minimum Gasteiger partial charge on any atom is -0.748 e. The third-order valence-electron chi connectivity index (χ3n) is 2.65. The molecule has 0 saturated carbocycles. The Morgan fingerprint density at radius 3 is 2.25 bits per heavy atom. The van der Waals surface area contributed by atoms with Gasteiger partial charge in [-0.05, 0) is 6.42 Å². The second-order valence-electron chi connectivity index (χ2n) is 4.23. The van der Waals surface area contributed by atoms with Crippen molar-refractivity contribution < 1.29 is 72.4 Å². The molecule has 0 amide bonds. The van der Waals surface area contributed by atoms with E-state index in [4.69, 9.17) is 9.47 Å². The van der Waals surface area contributed by atoms with Crippen LogP contribution in [0.5, 0.6) is 0 Å². The van der Waals surface area contributed by atoms with Gasteiger partial charge in [-0.1, -0.05) is 0 Å². The van der Waals surface area contributed by atoms with Gasteiger partial charge in [0.15, 0.2) is 6.29 Å². The number of aliphatic hydroxyl groups is 4. The molecule has 0 aromatic heterocycles. The molecule has 4 N–H and O–H groups in total. The SMILES string of the molecule is O=S(=O)([O-])CCCOC[C@H]1O[C@@H](O)[C@H](O)[C@@H](O)[C@@H]1O.[Na+]. The van der Waals surface area contributed by atoms with Crippen molar-refractivity contribution in [1.29, 1.82) is 0 Å². The summed E-state index contributed by atoms with van der Waals surface area (Å²) in [6, 6.07) is 0. The molecule has 1 aliphatic rings. The molecular formula is C9H17NaO9S. The third kappa shape index (κ3) is 6.62. The molecule has 9 nitrogen and oxygen atoms in total. The topological polar surface area (TPSA) is 157 Å². The predicted octanol–water partition coefficient (Wildman–Crippen LogP) is -6.26. The van der Waals surface area contributed by atoms with Gasteiger partial charge in [-0.2, -0.15) is 0 Å². The van der Waals surface area contributed by atoms with E-state index in [1.165, 1.54) is 0 Å². The first-order valence-corrected chi connectivity index (χ1v) is 7.19. The number of hydrogen-bond donors (Lipinski definition) is 4. The summed E-state index contributed by atoms with van der Waals surface area (Å²) < 4.78 is 40.7. The van der Waals surface area contributed by atoms with Crippen molar-refractivity contribution in [3.05, 3.63) is 0 Å². The van der Waals surface area contributed by atoms with Crippen molar-refractivity contribution >= 4 is 10.1 Å². The van der Waals surface area contributed by atoms with Crippen molar-refractivity contribution in [3.8, 4) is 0 Å². The molecule has 1 aliphatic heterocycles. The molecule has 0 aromatic carbocycles. The Labute approximate surface area is 138 Å². The molecule has 20 heavy (non-hydrogen) atoms. The Bertz CT molecular complexity index is 376. The minimum absolute atomic E-state index is 0. The number of aliphatic hydroxyl groups excluding tert-OH is 4. The predicted molar refractivity (Wildman–Crippen MR) is 58.9 cm³/mol. The molecule has 1 fully saturated rings. The van der Waals surface area contributed by atoms with Crippen LogP contribution in [0.15, 0.2) is 0 Å². The first-order valence-electron chi connectivity index (χ1n) is 5.61. The van der Waals surface area contributed by atoms with Crippen LogP contribution in [0.1, 0.15) is 6.42 Å². The first-order chi connectivity index (χ1) is 8.72. The van der Waals surface area contributed by atoms with E-state index < -0.39 is 46.6 Å². The van der Waals surface area contributed by atoms with Gasteiger partial charge >= 0.3 is 29.6 Å². The van der Waals surface area contributed by atoms with Gasteiger partial charge in [-0.15, -0.1) is 0 Å². The molecule has 0 spiro atoms. The van der Waals surface area contributed by atoms with E-state index in [-0.39, 0.29) is 49.2 Å². The van der Waals surface area contributed by atoms with E-state index in [1.807, 2.05) is 0 Å². The fourth-order valence-electron chi connectivity index (χ4n) is 1.61. The summed E-state index contributed by atoms with van der Waals surface area (Å²) in [5.74, 6) is -0.564. The Kier molecular flexibility index (Phi) is 9.26. The molecule has 5 atom stereocenters. The summed E-state index contributed by atoms with van der Waals surface area (Å²) in [5.41, 5.74) is 0. The molecular weight excluding hydrogens is 307 g/mol. The maximum Gasteiger partial charge on any atom is 1.00 e. The van der Waals surface area contributed by atoms with Crippen LogP contribution in [0.2, 0.25) is 0 Å². The maximum absolute atomic E-state index is 10.3. The molecule has 0 radical (unpaired) electrons. The fourth-order valence-corrected chi connectivity index (χ4v) is 2.08. The monoisotopic (exact) mass is 324 g/mol. The van der Waals surface area contributed by atoms with Crippen molar-refractivity contribution in [3.63, 3.8) is 0 Å². The Balaban J connectivity index is 0.00000361. The van der Waals surface area contributed by atoms with Crippen LogP contribution in [-0.2, 0) is 19.6 Å². The molecule has 1 saturated heterocycles. The van der Waals surface area contributed by atoms with Crippen molar-refractivity contribution in [2.75, 3.05) is 19.0 Å². The molecule has 0 bridgehead atoms. The van der Waals surface area contributed by atoms with Crippen LogP contribution in [0.25, 0.3) is 0 Å². The van der Waals surface area contributed by atoms with E-state index in [0.29, 0.717) is 0 Å². The van der Waals surface area contributed by atoms with Gasteiger partial charge in [0.2, 0.25) is 0 Å². The smallest absolute Gasteiger partial charge is 0.748 e. The molecule has 1 rings (SSSR count). The van der Waals surface area contributed by atoms with Crippen LogP contribution in [0, 0.1) is 0 Å². The van der Waals surface area contributed by atoms with Gasteiger partial charge in [0.1, 0.15) is 24.4 Å². The summed E-state index contributed by atoms with van der Waals surface area (Å²) in [6.07, 6.45) is -7.34. The average molecular weight is 324 g/mol. The van der Waals surface area contributed by atoms with E-state index in [9.17, 15) is 33.4 Å². The molecule has 114 valence electrons. The maximum atomic E-state index is 10.3. The molecule has 0 unspecified atom stereocenters. The van der Waals surface area contributed by atoms with Crippen LogP contribution in [-0.4, -0.2) is 83.1 Å². The Hall–Kier alpha value is 0.670. The van der Waals surface area contributed by atoms with Crippen molar-refractivity contribution in [2.45, 2.75) is 37.1 Å². The van der Waals surface area contributed by atoms with Gasteiger partial charge in [-0.25, -0.2) is 8.42 Å². The van der Waals surface area contributed by atoms with Crippen molar-refractivity contribution in [1.82, 2.24) is 0 Å². The van der Waals surface area contributed by atoms with E-state index in [0.717, 1.165) is 0 Å². The second kappa shape index (κ2) is 8.96. The van der Waals surface area contributed by atoms with E-state index in [2.05, 4.69) is 0 Å². The number of hydrogen-bond acceptors (Lipinski definition) is 9. The Morgan fingerprint density at radius 1 is 1.10 bits per heavy atom. The van der Waals surface area contributed by atoms with Crippen LogP contribution >= 0.6 is 0 Å². The molecule has 1 heterocycles. The van der Waals surface area contributed by atoms with Gasteiger partial charge in [0.05, 0.1) is 16.7 Å². The molecule has 0 aromatic rings. The average Bonchev–Trinajstić information content (AvgIpc) is 2.31. The molecule has 11 heteroatoms. The fraction of sp³-hybridized carbons (Fsp3) is 1.00. The number of rotatable bonds is 6. The summed E-state index contributed by atoms with van der Waals surface area (Å²) in [7, 11) is -4.29. The van der Waals surface area contributed by atoms with Crippen LogP contribution in [0.3, 0.4) is 0 Å². The normalized spacial score (nSPS) is 34.5. The second-order valence-corrected chi connectivity index (χ2v) is 5.75. The minimum atomic E-state index is -4.29. The van der Waals surface area contributed by atoms with E-state index in [1.54, 1.807) is 0 Å². The summed E-state index contributed by atoms with van der Waals surface area (Å²) in [4.78, 5) is 0. The quantitative estimate of drug-likeness (QED) is 0.212. The van der Waals surface area contributed by atoms with Gasteiger partial charge in [-0.3, -0.25) is 0 Å². The number of ether oxygens (including phenoxy) is 2. The van der Waals surface area contributed by atoms with Gasteiger partial charge < -0.3 is 34.5 Å². The third-order valence-corrected chi connectivity index (χ3v) is 3.44.